The predicted molar refractivity (Wildman–Crippen MR) is 71.6 cm³/mol. The lowest BCUT2D eigenvalue weighted by molar-refractivity contribution is 0.0955. The first kappa shape index (κ1) is 13.2. The highest BCUT2D eigenvalue weighted by atomic mass is 16.2. The first-order chi connectivity index (χ1) is 8.00. The SMILES string of the molecule is CC(C)C=NNC(=O)c1ccc(N(C)C)cc1. The van der Waals surface area contributed by atoms with Crippen molar-refractivity contribution in [2.75, 3.05) is 19.0 Å². The van der Waals surface area contributed by atoms with Gasteiger partial charge in [-0.1, -0.05) is 13.8 Å². The summed E-state index contributed by atoms with van der Waals surface area (Å²) < 4.78 is 0. The summed E-state index contributed by atoms with van der Waals surface area (Å²) in [6, 6.07) is 7.38. The summed E-state index contributed by atoms with van der Waals surface area (Å²) in [6.45, 7) is 4.00. The maximum Gasteiger partial charge on any atom is 0.271 e. The standard InChI is InChI=1S/C13H19N3O/c1-10(2)9-14-15-13(17)11-5-7-12(8-6-11)16(3)4/h5-10H,1-4H3,(H,15,17). The Kier molecular flexibility index (Phi) is 4.69. The van der Waals surface area contributed by atoms with E-state index in [1.165, 1.54) is 0 Å². The molecule has 0 aliphatic carbocycles. The lowest BCUT2D eigenvalue weighted by Crippen LogP contribution is -2.18. The molecule has 1 amide bonds. The zero-order valence-corrected chi connectivity index (χ0v) is 10.8. The van der Waals surface area contributed by atoms with E-state index in [1.54, 1.807) is 18.3 Å². The van der Waals surface area contributed by atoms with Gasteiger partial charge < -0.3 is 4.90 Å². The van der Waals surface area contributed by atoms with Crippen molar-refractivity contribution in [3.05, 3.63) is 29.8 Å². The van der Waals surface area contributed by atoms with E-state index >= 15 is 0 Å². The third-order valence-corrected chi connectivity index (χ3v) is 2.18. The van der Waals surface area contributed by atoms with E-state index in [-0.39, 0.29) is 5.91 Å². The van der Waals surface area contributed by atoms with Gasteiger partial charge in [0, 0.05) is 31.6 Å². The molecule has 0 heterocycles. The fraction of sp³-hybridized carbons (Fsp3) is 0.385. The lowest BCUT2D eigenvalue weighted by atomic mass is 10.2. The number of anilines is 1. The van der Waals surface area contributed by atoms with Crippen LogP contribution in [0.3, 0.4) is 0 Å². The molecule has 0 aromatic heterocycles. The first-order valence-corrected chi connectivity index (χ1v) is 5.61. The van der Waals surface area contributed by atoms with Crippen molar-refractivity contribution in [1.82, 2.24) is 5.43 Å². The molecule has 4 nitrogen and oxygen atoms in total. The highest BCUT2D eigenvalue weighted by Crippen LogP contribution is 2.11. The number of rotatable bonds is 4. The van der Waals surface area contributed by atoms with Gasteiger partial charge in [-0.05, 0) is 30.2 Å². The van der Waals surface area contributed by atoms with E-state index in [9.17, 15) is 4.79 Å². The summed E-state index contributed by atoms with van der Waals surface area (Å²) in [6.07, 6.45) is 1.70. The number of amides is 1. The molecule has 0 saturated carbocycles. The number of hydrogen-bond donors (Lipinski definition) is 1. The van der Waals surface area contributed by atoms with Crippen LogP contribution in [0.5, 0.6) is 0 Å². The van der Waals surface area contributed by atoms with Crippen molar-refractivity contribution in [2.24, 2.45) is 11.0 Å². The van der Waals surface area contributed by atoms with E-state index in [0.717, 1.165) is 5.69 Å². The van der Waals surface area contributed by atoms with Crippen molar-refractivity contribution in [3.63, 3.8) is 0 Å². The van der Waals surface area contributed by atoms with Crippen LogP contribution in [0.1, 0.15) is 24.2 Å². The topological polar surface area (TPSA) is 44.7 Å². The molecule has 0 unspecified atom stereocenters. The van der Waals surface area contributed by atoms with Crippen LogP contribution in [0, 0.1) is 5.92 Å². The summed E-state index contributed by atoms with van der Waals surface area (Å²) in [5, 5.41) is 3.87. The normalized spacial score (nSPS) is 10.9. The van der Waals surface area contributed by atoms with Crippen LogP contribution >= 0.6 is 0 Å². The molecule has 92 valence electrons. The van der Waals surface area contributed by atoms with Gasteiger partial charge in [-0.15, -0.1) is 0 Å². The van der Waals surface area contributed by atoms with E-state index in [4.69, 9.17) is 0 Å². The van der Waals surface area contributed by atoms with E-state index in [2.05, 4.69) is 10.5 Å². The fourth-order valence-corrected chi connectivity index (χ4v) is 1.22. The molecule has 1 rings (SSSR count). The smallest absolute Gasteiger partial charge is 0.271 e. The number of nitrogens with one attached hydrogen (secondary N) is 1. The Morgan fingerprint density at radius 1 is 1.29 bits per heavy atom. The van der Waals surface area contributed by atoms with Crippen LogP contribution in [0.2, 0.25) is 0 Å². The molecule has 0 aliphatic heterocycles. The molecule has 0 saturated heterocycles. The van der Waals surface area contributed by atoms with Gasteiger partial charge >= 0.3 is 0 Å². The van der Waals surface area contributed by atoms with Crippen LogP contribution in [-0.4, -0.2) is 26.2 Å². The predicted octanol–water partition coefficient (Wildman–Crippen LogP) is 2.12. The highest BCUT2D eigenvalue weighted by molar-refractivity contribution is 5.94. The average Bonchev–Trinajstić information content (AvgIpc) is 2.28. The van der Waals surface area contributed by atoms with Crippen molar-refractivity contribution in [1.29, 1.82) is 0 Å². The third-order valence-electron chi connectivity index (χ3n) is 2.18. The monoisotopic (exact) mass is 233 g/mol. The van der Waals surface area contributed by atoms with E-state index < -0.39 is 0 Å². The number of carbonyl (C=O) groups is 1. The molecule has 0 aliphatic rings. The number of benzene rings is 1. The Morgan fingerprint density at radius 2 is 1.88 bits per heavy atom. The molecule has 0 radical (unpaired) electrons. The average molecular weight is 233 g/mol. The second kappa shape index (κ2) is 6.03. The molecule has 0 bridgehead atoms. The van der Waals surface area contributed by atoms with Gasteiger partial charge in [-0.2, -0.15) is 5.10 Å². The van der Waals surface area contributed by atoms with E-state index in [1.807, 2.05) is 45.0 Å². The van der Waals surface area contributed by atoms with Crippen LogP contribution in [0.4, 0.5) is 5.69 Å². The third kappa shape index (κ3) is 4.26. The van der Waals surface area contributed by atoms with Crippen molar-refractivity contribution in [3.8, 4) is 0 Å². The van der Waals surface area contributed by atoms with Gasteiger partial charge in [-0.3, -0.25) is 4.79 Å². The molecular weight excluding hydrogens is 214 g/mol. The zero-order chi connectivity index (χ0) is 12.8. The molecule has 0 atom stereocenters. The summed E-state index contributed by atoms with van der Waals surface area (Å²) in [5.74, 6) is 0.138. The minimum atomic E-state index is -0.188. The largest absolute Gasteiger partial charge is 0.378 e. The Morgan fingerprint density at radius 3 is 2.35 bits per heavy atom. The fourth-order valence-electron chi connectivity index (χ4n) is 1.22. The van der Waals surface area contributed by atoms with Gasteiger partial charge in [0.25, 0.3) is 5.91 Å². The molecule has 1 aromatic rings. The quantitative estimate of drug-likeness (QED) is 0.639. The summed E-state index contributed by atoms with van der Waals surface area (Å²) in [4.78, 5) is 13.7. The number of hydrogen-bond acceptors (Lipinski definition) is 3. The highest BCUT2D eigenvalue weighted by Gasteiger charge is 2.04. The molecule has 4 heteroatoms. The minimum Gasteiger partial charge on any atom is -0.378 e. The van der Waals surface area contributed by atoms with Gasteiger partial charge in [0.05, 0.1) is 0 Å². The molecule has 1 N–H and O–H groups in total. The lowest BCUT2D eigenvalue weighted by Gasteiger charge is -2.12. The number of nitrogens with zero attached hydrogens (tertiary/aromatic N) is 2. The maximum atomic E-state index is 11.7. The molecule has 0 spiro atoms. The molecule has 1 aromatic carbocycles. The van der Waals surface area contributed by atoms with Crippen molar-refractivity contribution < 1.29 is 4.79 Å². The van der Waals surface area contributed by atoms with Gasteiger partial charge in [-0.25, -0.2) is 5.43 Å². The Bertz CT molecular complexity index is 394. The number of carbonyl (C=O) groups excluding carboxylic acids is 1. The van der Waals surface area contributed by atoms with Gasteiger partial charge in [0.2, 0.25) is 0 Å². The molecule has 17 heavy (non-hydrogen) atoms. The maximum absolute atomic E-state index is 11.7. The van der Waals surface area contributed by atoms with Gasteiger partial charge in [0.15, 0.2) is 0 Å². The summed E-state index contributed by atoms with van der Waals surface area (Å²) in [7, 11) is 3.92. The van der Waals surface area contributed by atoms with Crippen LogP contribution in [0.25, 0.3) is 0 Å². The van der Waals surface area contributed by atoms with Gasteiger partial charge in [0.1, 0.15) is 0 Å². The molecular formula is C13H19N3O. The van der Waals surface area contributed by atoms with Crippen LogP contribution in [-0.2, 0) is 0 Å². The second-order valence-corrected chi connectivity index (χ2v) is 4.40. The second-order valence-electron chi connectivity index (χ2n) is 4.40. The minimum absolute atomic E-state index is 0.188. The Labute approximate surface area is 102 Å². The van der Waals surface area contributed by atoms with Crippen LogP contribution < -0.4 is 10.3 Å². The summed E-state index contributed by atoms with van der Waals surface area (Å²) in [5.41, 5.74) is 4.17. The molecule has 0 fully saturated rings. The Balaban J connectivity index is 2.64. The summed E-state index contributed by atoms with van der Waals surface area (Å²) >= 11 is 0. The van der Waals surface area contributed by atoms with Crippen LogP contribution in [0.15, 0.2) is 29.4 Å². The van der Waals surface area contributed by atoms with Crippen molar-refractivity contribution in [2.45, 2.75) is 13.8 Å². The van der Waals surface area contributed by atoms with Crippen molar-refractivity contribution >= 4 is 17.8 Å². The number of hydrazone groups is 1. The Hall–Kier alpha value is -1.84. The zero-order valence-electron chi connectivity index (χ0n) is 10.8. The first-order valence-electron chi connectivity index (χ1n) is 5.61. The van der Waals surface area contributed by atoms with E-state index in [0.29, 0.717) is 11.5 Å².